The molecule has 1 aromatic heterocycles. The van der Waals surface area contributed by atoms with Gasteiger partial charge in [-0.1, -0.05) is 11.6 Å². The first-order chi connectivity index (χ1) is 6.06. The lowest BCUT2D eigenvalue weighted by Gasteiger charge is -2.13. The molecule has 2 N–H and O–H groups in total. The van der Waals surface area contributed by atoms with Crippen molar-refractivity contribution in [2.75, 3.05) is 6.54 Å². The van der Waals surface area contributed by atoms with Gasteiger partial charge in [-0.05, 0) is 6.54 Å². The fourth-order valence-corrected chi connectivity index (χ4v) is 0.908. The van der Waals surface area contributed by atoms with Crippen molar-refractivity contribution in [2.24, 2.45) is 5.73 Å². The van der Waals surface area contributed by atoms with Crippen LogP contribution in [-0.4, -0.2) is 16.5 Å². The lowest BCUT2D eigenvalue weighted by Crippen LogP contribution is -2.20. The number of rotatable bonds is 3. The number of aromatic nitrogens is 2. The molecule has 0 aliphatic carbocycles. The van der Waals surface area contributed by atoms with E-state index in [1.807, 2.05) is 0 Å². The zero-order chi connectivity index (χ0) is 9.90. The van der Waals surface area contributed by atoms with Crippen LogP contribution in [0.2, 0.25) is 5.15 Å². The topological polar surface area (TPSA) is 51.8 Å². The summed E-state index contributed by atoms with van der Waals surface area (Å²) in [5, 5.41) is 0.0901. The van der Waals surface area contributed by atoms with Crippen LogP contribution in [0.25, 0.3) is 0 Å². The number of halogens is 3. The van der Waals surface area contributed by atoms with E-state index in [2.05, 4.69) is 9.97 Å². The van der Waals surface area contributed by atoms with Gasteiger partial charge in [-0.15, -0.1) is 0 Å². The Balaban J connectivity index is 2.87. The molecule has 1 heterocycles. The Bertz CT molecular complexity index is 276. The molecule has 0 bridgehead atoms. The van der Waals surface area contributed by atoms with E-state index in [1.54, 1.807) is 0 Å². The molecule has 0 atom stereocenters. The lowest BCUT2D eigenvalue weighted by molar-refractivity contribution is -0.0155. The van der Waals surface area contributed by atoms with E-state index in [0.29, 0.717) is 0 Å². The van der Waals surface area contributed by atoms with Gasteiger partial charge in [0.25, 0.3) is 5.92 Å². The van der Waals surface area contributed by atoms with Crippen LogP contribution in [0.3, 0.4) is 0 Å². The lowest BCUT2D eigenvalue weighted by atomic mass is 10.2. The number of hydrogen-bond acceptors (Lipinski definition) is 3. The SMILES string of the molecule is NCCC(F)(F)c1cnc(Cl)cn1. The smallest absolute Gasteiger partial charge is 0.292 e. The summed E-state index contributed by atoms with van der Waals surface area (Å²) in [4.78, 5) is 6.98. The Morgan fingerprint density at radius 3 is 2.54 bits per heavy atom. The zero-order valence-electron chi connectivity index (χ0n) is 6.67. The molecule has 0 amide bonds. The Kier molecular flexibility index (Phi) is 3.11. The minimum absolute atomic E-state index is 0.0901. The Labute approximate surface area is 78.9 Å². The first kappa shape index (κ1) is 10.3. The normalized spacial score (nSPS) is 11.7. The molecule has 0 fully saturated rings. The molecule has 0 saturated heterocycles. The van der Waals surface area contributed by atoms with E-state index in [-0.39, 0.29) is 11.7 Å². The van der Waals surface area contributed by atoms with Crippen LogP contribution < -0.4 is 5.73 Å². The maximum Gasteiger partial charge on any atom is 0.292 e. The van der Waals surface area contributed by atoms with Gasteiger partial charge in [0, 0.05) is 6.42 Å². The van der Waals surface area contributed by atoms with Gasteiger partial charge in [0.2, 0.25) is 0 Å². The van der Waals surface area contributed by atoms with Crippen molar-refractivity contribution in [3.8, 4) is 0 Å². The minimum atomic E-state index is -3.02. The van der Waals surface area contributed by atoms with E-state index in [9.17, 15) is 8.78 Å². The van der Waals surface area contributed by atoms with Crippen LogP contribution in [0.1, 0.15) is 12.1 Å². The van der Waals surface area contributed by atoms with Crippen LogP contribution in [0.4, 0.5) is 8.78 Å². The fraction of sp³-hybridized carbons (Fsp3) is 0.429. The first-order valence-electron chi connectivity index (χ1n) is 3.62. The summed E-state index contributed by atoms with van der Waals surface area (Å²) in [7, 11) is 0. The molecule has 0 aliphatic rings. The largest absolute Gasteiger partial charge is 0.330 e. The highest BCUT2D eigenvalue weighted by atomic mass is 35.5. The second-order valence-electron chi connectivity index (χ2n) is 2.47. The molecular weight excluding hydrogens is 200 g/mol. The number of nitrogens with two attached hydrogens (primary N) is 1. The van der Waals surface area contributed by atoms with Crippen molar-refractivity contribution in [1.82, 2.24) is 9.97 Å². The summed E-state index contributed by atoms with van der Waals surface area (Å²) >= 11 is 5.40. The predicted molar refractivity (Wildman–Crippen MR) is 44.6 cm³/mol. The average molecular weight is 208 g/mol. The number of nitrogens with zero attached hydrogens (tertiary/aromatic N) is 2. The highest BCUT2D eigenvalue weighted by Crippen LogP contribution is 2.28. The third-order valence-corrected chi connectivity index (χ3v) is 1.65. The minimum Gasteiger partial charge on any atom is -0.330 e. The van der Waals surface area contributed by atoms with Gasteiger partial charge < -0.3 is 5.73 Å². The number of alkyl halides is 2. The molecule has 0 spiro atoms. The zero-order valence-corrected chi connectivity index (χ0v) is 7.43. The summed E-state index contributed by atoms with van der Waals surface area (Å²) in [5.74, 6) is -3.02. The van der Waals surface area contributed by atoms with Gasteiger partial charge in [-0.2, -0.15) is 8.78 Å². The molecule has 0 aliphatic heterocycles. The summed E-state index contributed by atoms with van der Waals surface area (Å²) in [6.45, 7) is -0.0999. The summed E-state index contributed by atoms with van der Waals surface area (Å²) in [5.41, 5.74) is 4.63. The van der Waals surface area contributed by atoms with E-state index >= 15 is 0 Å². The highest BCUT2D eigenvalue weighted by Gasteiger charge is 2.32. The summed E-state index contributed by atoms with van der Waals surface area (Å²) in [6.07, 6.45) is 1.60. The highest BCUT2D eigenvalue weighted by molar-refractivity contribution is 6.29. The second-order valence-corrected chi connectivity index (χ2v) is 2.85. The summed E-state index contributed by atoms with van der Waals surface area (Å²) < 4.78 is 26.1. The van der Waals surface area contributed by atoms with Crippen LogP contribution in [-0.2, 0) is 5.92 Å². The quantitative estimate of drug-likeness (QED) is 0.819. The van der Waals surface area contributed by atoms with E-state index in [1.165, 1.54) is 0 Å². The van der Waals surface area contributed by atoms with E-state index in [0.717, 1.165) is 12.4 Å². The molecule has 1 rings (SSSR count). The maximum absolute atomic E-state index is 13.1. The average Bonchev–Trinajstić information content (AvgIpc) is 2.05. The molecule has 72 valence electrons. The van der Waals surface area contributed by atoms with Crippen molar-refractivity contribution in [2.45, 2.75) is 12.3 Å². The molecule has 6 heteroatoms. The third-order valence-electron chi connectivity index (χ3n) is 1.45. The molecule has 3 nitrogen and oxygen atoms in total. The summed E-state index contributed by atoms with van der Waals surface area (Å²) in [6, 6.07) is 0. The van der Waals surface area contributed by atoms with Crippen LogP contribution >= 0.6 is 11.6 Å². The Hall–Kier alpha value is -0.810. The van der Waals surface area contributed by atoms with E-state index in [4.69, 9.17) is 17.3 Å². The van der Waals surface area contributed by atoms with Gasteiger partial charge >= 0.3 is 0 Å². The molecular formula is C7H8ClF2N3. The van der Waals surface area contributed by atoms with Crippen molar-refractivity contribution >= 4 is 11.6 Å². The second kappa shape index (κ2) is 3.93. The standard InChI is InChI=1S/C7H8ClF2N3/c8-6-4-12-5(3-13-6)7(9,10)1-2-11/h3-4H,1-2,11H2. The van der Waals surface area contributed by atoms with Gasteiger partial charge in [0.1, 0.15) is 10.8 Å². The van der Waals surface area contributed by atoms with Crippen LogP contribution in [0, 0.1) is 0 Å². The molecule has 13 heavy (non-hydrogen) atoms. The van der Waals surface area contributed by atoms with E-state index < -0.39 is 18.0 Å². The monoisotopic (exact) mass is 207 g/mol. The van der Waals surface area contributed by atoms with Crippen LogP contribution in [0.15, 0.2) is 12.4 Å². The Morgan fingerprint density at radius 2 is 2.08 bits per heavy atom. The van der Waals surface area contributed by atoms with Crippen molar-refractivity contribution in [3.05, 3.63) is 23.2 Å². The number of hydrogen-bond donors (Lipinski definition) is 1. The first-order valence-corrected chi connectivity index (χ1v) is 4.00. The van der Waals surface area contributed by atoms with Gasteiger partial charge in [0.15, 0.2) is 0 Å². The molecule has 0 aromatic carbocycles. The van der Waals surface area contributed by atoms with Gasteiger partial charge in [-0.25, -0.2) is 4.98 Å². The molecule has 0 unspecified atom stereocenters. The van der Waals surface area contributed by atoms with Crippen LogP contribution in [0.5, 0.6) is 0 Å². The Morgan fingerprint density at radius 1 is 1.38 bits per heavy atom. The van der Waals surface area contributed by atoms with Gasteiger partial charge in [-0.3, -0.25) is 4.98 Å². The fourth-order valence-electron chi connectivity index (χ4n) is 0.811. The van der Waals surface area contributed by atoms with Crippen molar-refractivity contribution < 1.29 is 8.78 Å². The van der Waals surface area contributed by atoms with Gasteiger partial charge in [0.05, 0.1) is 12.4 Å². The predicted octanol–water partition coefficient (Wildman–Crippen LogP) is 1.57. The molecule has 1 aromatic rings. The van der Waals surface area contributed by atoms with Crippen molar-refractivity contribution in [1.29, 1.82) is 0 Å². The third kappa shape index (κ3) is 2.57. The van der Waals surface area contributed by atoms with Crippen molar-refractivity contribution in [3.63, 3.8) is 0 Å². The molecule has 0 saturated carbocycles. The molecule has 0 radical (unpaired) electrons. The maximum atomic E-state index is 13.1.